The molecule has 1 unspecified atom stereocenters. The van der Waals surface area contributed by atoms with E-state index in [1.54, 1.807) is 6.07 Å². The van der Waals surface area contributed by atoms with Crippen LogP contribution >= 0.6 is 11.6 Å². The molecule has 1 heterocycles. The third kappa shape index (κ3) is 4.49. The average molecular weight is 516 g/mol. The Balaban J connectivity index is 1.57. The van der Waals surface area contributed by atoms with Gasteiger partial charge < -0.3 is 19.5 Å². The number of hydrogen-bond acceptors (Lipinski definition) is 6. The number of halogens is 1. The van der Waals surface area contributed by atoms with Crippen LogP contribution < -0.4 is 14.8 Å². The molecule has 0 amide bonds. The predicted octanol–water partition coefficient (Wildman–Crippen LogP) is 6.06. The van der Waals surface area contributed by atoms with E-state index < -0.39 is 11.9 Å². The minimum atomic E-state index is -0.631. The number of dihydropyridines is 1. The van der Waals surface area contributed by atoms with Crippen LogP contribution in [0.3, 0.4) is 0 Å². The minimum absolute atomic E-state index is 0.113. The molecule has 1 aliphatic heterocycles. The van der Waals surface area contributed by atoms with Crippen molar-refractivity contribution in [1.82, 2.24) is 5.32 Å². The van der Waals surface area contributed by atoms with Crippen LogP contribution in [0, 0.1) is 0 Å². The molecule has 0 radical (unpaired) electrons. The Morgan fingerprint density at radius 3 is 2.41 bits per heavy atom. The van der Waals surface area contributed by atoms with Crippen molar-refractivity contribution < 1.29 is 23.8 Å². The van der Waals surface area contributed by atoms with E-state index in [0.29, 0.717) is 52.1 Å². The minimum Gasteiger partial charge on any atom is -0.490 e. The number of benzene rings is 3. The first-order chi connectivity index (χ1) is 17.9. The molecule has 6 nitrogen and oxygen atoms in total. The molecule has 7 heteroatoms. The van der Waals surface area contributed by atoms with Gasteiger partial charge in [0.05, 0.1) is 25.0 Å². The summed E-state index contributed by atoms with van der Waals surface area (Å²) >= 11 is 5.99. The van der Waals surface area contributed by atoms with Crippen LogP contribution in [0.1, 0.15) is 46.8 Å². The van der Waals surface area contributed by atoms with E-state index in [0.717, 1.165) is 22.4 Å². The van der Waals surface area contributed by atoms with Gasteiger partial charge in [0.15, 0.2) is 17.3 Å². The smallest absolute Gasteiger partial charge is 0.336 e. The molecule has 37 heavy (non-hydrogen) atoms. The molecule has 0 fully saturated rings. The number of hydrogen-bond donors (Lipinski definition) is 1. The zero-order valence-corrected chi connectivity index (χ0v) is 21.5. The van der Waals surface area contributed by atoms with Crippen LogP contribution in [0.15, 0.2) is 83.6 Å². The Kier molecular flexibility index (Phi) is 6.76. The van der Waals surface area contributed by atoms with E-state index in [2.05, 4.69) is 5.32 Å². The highest BCUT2D eigenvalue weighted by Crippen LogP contribution is 2.48. The van der Waals surface area contributed by atoms with Crippen LogP contribution in [-0.4, -0.2) is 25.5 Å². The summed E-state index contributed by atoms with van der Waals surface area (Å²) in [6, 6.07) is 20.4. The van der Waals surface area contributed by atoms with E-state index >= 15 is 0 Å². The SMILES string of the molecule is CCOc1cc(C2C(C(=O)OC)=C(C)NC3=C2C(=O)c2ccccc23)ccc1OCc1ccc(Cl)cc1. The lowest BCUT2D eigenvalue weighted by Crippen LogP contribution is -2.29. The summed E-state index contributed by atoms with van der Waals surface area (Å²) in [5.41, 5.74) is 5.39. The fraction of sp³-hybridized carbons (Fsp3) is 0.200. The van der Waals surface area contributed by atoms with Crippen molar-refractivity contribution in [1.29, 1.82) is 0 Å². The van der Waals surface area contributed by atoms with Gasteiger partial charge in [-0.25, -0.2) is 4.79 Å². The summed E-state index contributed by atoms with van der Waals surface area (Å²) in [5, 5.41) is 3.96. The normalized spacial score (nSPS) is 16.2. The van der Waals surface area contributed by atoms with Crippen LogP contribution in [0.2, 0.25) is 5.02 Å². The monoisotopic (exact) mass is 515 g/mol. The maximum atomic E-state index is 13.6. The van der Waals surface area contributed by atoms with Crippen LogP contribution in [0.4, 0.5) is 0 Å². The molecular formula is C30H26ClNO5. The second kappa shape index (κ2) is 10.1. The van der Waals surface area contributed by atoms with E-state index in [4.69, 9.17) is 25.8 Å². The molecule has 0 bridgehead atoms. The molecule has 5 rings (SSSR count). The third-order valence-corrected chi connectivity index (χ3v) is 6.81. The van der Waals surface area contributed by atoms with Crippen molar-refractivity contribution in [3.05, 3.63) is 111 Å². The largest absolute Gasteiger partial charge is 0.490 e. The summed E-state index contributed by atoms with van der Waals surface area (Å²) in [4.78, 5) is 26.6. The quantitative estimate of drug-likeness (QED) is 0.386. The Morgan fingerprint density at radius 2 is 1.70 bits per heavy atom. The first-order valence-electron chi connectivity index (χ1n) is 12.0. The van der Waals surface area contributed by atoms with Gasteiger partial charge in [-0.1, -0.05) is 54.1 Å². The number of nitrogens with one attached hydrogen (secondary N) is 1. The maximum absolute atomic E-state index is 13.6. The van der Waals surface area contributed by atoms with Crippen LogP contribution in [-0.2, 0) is 16.1 Å². The number of allylic oxidation sites excluding steroid dienone is 2. The average Bonchev–Trinajstić information content (AvgIpc) is 3.19. The Morgan fingerprint density at radius 1 is 0.973 bits per heavy atom. The molecule has 0 aromatic heterocycles. The van der Waals surface area contributed by atoms with Gasteiger partial charge in [-0.05, 0) is 49.2 Å². The molecule has 1 N–H and O–H groups in total. The van der Waals surface area contributed by atoms with Gasteiger partial charge in [0.1, 0.15) is 6.61 Å². The Labute approximate surface area is 220 Å². The van der Waals surface area contributed by atoms with Crippen molar-refractivity contribution in [2.75, 3.05) is 13.7 Å². The Bertz CT molecular complexity index is 1460. The number of ketones is 1. The zero-order valence-electron chi connectivity index (χ0n) is 20.8. The lowest BCUT2D eigenvalue weighted by molar-refractivity contribution is -0.136. The molecule has 0 saturated carbocycles. The van der Waals surface area contributed by atoms with Crippen molar-refractivity contribution >= 4 is 29.1 Å². The number of methoxy groups -OCH3 is 1. The van der Waals surface area contributed by atoms with Gasteiger partial charge in [0.2, 0.25) is 0 Å². The predicted molar refractivity (Wildman–Crippen MR) is 142 cm³/mol. The first-order valence-corrected chi connectivity index (χ1v) is 12.4. The van der Waals surface area contributed by atoms with Crippen LogP contribution in [0.5, 0.6) is 11.5 Å². The molecule has 2 aliphatic rings. The molecule has 1 aliphatic carbocycles. The second-order valence-corrected chi connectivity index (χ2v) is 9.24. The van der Waals surface area contributed by atoms with Gasteiger partial charge >= 0.3 is 5.97 Å². The highest BCUT2D eigenvalue weighted by Gasteiger charge is 2.43. The van der Waals surface area contributed by atoms with Crippen molar-refractivity contribution in [3.8, 4) is 11.5 Å². The van der Waals surface area contributed by atoms with E-state index in [-0.39, 0.29) is 5.78 Å². The summed E-state index contributed by atoms with van der Waals surface area (Å²) < 4.78 is 17.1. The van der Waals surface area contributed by atoms with Crippen molar-refractivity contribution in [2.24, 2.45) is 0 Å². The van der Waals surface area contributed by atoms with E-state index in [9.17, 15) is 9.59 Å². The highest BCUT2D eigenvalue weighted by atomic mass is 35.5. The summed E-state index contributed by atoms with van der Waals surface area (Å²) in [5.74, 6) is -0.151. The number of fused-ring (bicyclic) bond motifs is 2. The highest BCUT2D eigenvalue weighted by molar-refractivity contribution is 6.30. The fourth-order valence-electron chi connectivity index (χ4n) is 4.88. The van der Waals surface area contributed by atoms with Gasteiger partial charge in [-0.2, -0.15) is 0 Å². The van der Waals surface area contributed by atoms with Crippen molar-refractivity contribution in [3.63, 3.8) is 0 Å². The molecule has 3 aromatic carbocycles. The molecule has 188 valence electrons. The topological polar surface area (TPSA) is 73.9 Å². The molecule has 0 saturated heterocycles. The second-order valence-electron chi connectivity index (χ2n) is 8.81. The number of rotatable bonds is 7. The number of carbonyl (C=O) groups excluding carboxylic acids is 2. The van der Waals surface area contributed by atoms with Gasteiger partial charge in [0, 0.05) is 33.3 Å². The number of carbonyl (C=O) groups is 2. The van der Waals surface area contributed by atoms with Crippen LogP contribution in [0.25, 0.3) is 5.70 Å². The third-order valence-electron chi connectivity index (χ3n) is 6.56. The summed E-state index contributed by atoms with van der Waals surface area (Å²) in [6.45, 7) is 4.47. The van der Waals surface area contributed by atoms with Gasteiger partial charge in [-0.15, -0.1) is 0 Å². The summed E-state index contributed by atoms with van der Waals surface area (Å²) in [6.07, 6.45) is 0. The van der Waals surface area contributed by atoms with Gasteiger partial charge in [0.25, 0.3) is 0 Å². The van der Waals surface area contributed by atoms with E-state index in [1.807, 2.05) is 74.5 Å². The first kappa shape index (κ1) is 24.7. The lowest BCUT2D eigenvalue weighted by Gasteiger charge is -2.29. The van der Waals surface area contributed by atoms with E-state index in [1.165, 1.54) is 7.11 Å². The fourth-order valence-corrected chi connectivity index (χ4v) is 5.00. The lowest BCUT2D eigenvalue weighted by atomic mass is 9.79. The molecule has 3 aromatic rings. The Hall–Kier alpha value is -4.03. The maximum Gasteiger partial charge on any atom is 0.336 e. The number of Topliss-reactive ketones (excluding diaryl/α,β-unsaturated/α-hetero) is 1. The summed E-state index contributed by atoms with van der Waals surface area (Å²) in [7, 11) is 1.34. The number of esters is 1. The molecular weight excluding hydrogens is 490 g/mol. The number of ether oxygens (including phenoxy) is 3. The van der Waals surface area contributed by atoms with Crippen molar-refractivity contribution in [2.45, 2.75) is 26.4 Å². The molecule has 0 spiro atoms. The standard InChI is InChI=1S/C30H26ClNO5/c1-4-36-24-15-19(11-14-23(24)37-16-18-9-12-20(31)13-10-18)26-25(30(34)35-3)17(2)32-28-21-7-5-6-8-22(21)29(33)27(26)28/h5-15,26,32H,4,16H2,1-3H3. The van der Waals surface area contributed by atoms with Gasteiger partial charge in [-0.3, -0.25) is 4.79 Å². The zero-order chi connectivity index (χ0) is 26.1. The molecule has 1 atom stereocenters.